The van der Waals surface area contributed by atoms with Gasteiger partial charge < -0.3 is 9.47 Å². The van der Waals surface area contributed by atoms with E-state index < -0.39 is 68.9 Å². The van der Waals surface area contributed by atoms with Crippen molar-refractivity contribution < 1.29 is 46.4 Å². The van der Waals surface area contributed by atoms with Gasteiger partial charge >= 0.3 is 13.8 Å². The van der Waals surface area contributed by atoms with Crippen LogP contribution in [0.25, 0.3) is 0 Å². The topological polar surface area (TPSA) is 118 Å². The molecule has 0 aromatic heterocycles. The minimum atomic E-state index is -4.24. The minimum Gasteiger partial charge on any atom is -0.463 e. The van der Waals surface area contributed by atoms with Crippen molar-refractivity contribution in [3.05, 3.63) is 12.3 Å². The third-order valence-corrected chi connectivity index (χ3v) is 6.57. The van der Waals surface area contributed by atoms with Crippen LogP contribution in [0.1, 0.15) is 33.6 Å². The molecule has 2 fully saturated rings. The summed E-state index contributed by atoms with van der Waals surface area (Å²) < 4.78 is 53.5. The number of phosphoric acid groups is 1. The number of alkyl halides is 1. The second-order valence-electron chi connectivity index (χ2n) is 8.12. The van der Waals surface area contributed by atoms with Crippen molar-refractivity contribution in [2.45, 2.75) is 64.3 Å². The van der Waals surface area contributed by atoms with Crippen LogP contribution in [0.2, 0.25) is 0 Å². The number of terminal acetylenes is 1. The second-order valence-corrected chi connectivity index (χ2v) is 9.74. The van der Waals surface area contributed by atoms with E-state index in [0.29, 0.717) is 0 Å². The van der Waals surface area contributed by atoms with Crippen LogP contribution in [0.4, 0.5) is 4.39 Å². The number of phosphoric ester groups is 1. The lowest BCUT2D eigenvalue weighted by Crippen LogP contribution is -2.49. The smallest absolute Gasteiger partial charge is 0.463 e. The van der Waals surface area contributed by atoms with Gasteiger partial charge in [-0.1, -0.05) is 5.92 Å². The summed E-state index contributed by atoms with van der Waals surface area (Å²) in [6, 6.07) is 0. The number of fused-ring (bicyclic) bond motifs is 1. The summed E-state index contributed by atoms with van der Waals surface area (Å²) in [5, 5.41) is 0. The number of allylic oxidation sites excluding steroid dienone is 1. The number of amides is 1. The maximum absolute atomic E-state index is 14.1. The molecule has 2 saturated heterocycles. The van der Waals surface area contributed by atoms with E-state index in [4.69, 9.17) is 29.5 Å². The second kappa shape index (κ2) is 9.41. The van der Waals surface area contributed by atoms with Gasteiger partial charge in [0.05, 0.1) is 32.2 Å². The zero-order valence-electron chi connectivity index (χ0n) is 17.9. The summed E-state index contributed by atoms with van der Waals surface area (Å²) >= 11 is 0. The van der Waals surface area contributed by atoms with Crippen LogP contribution in [-0.4, -0.2) is 66.5 Å². The molecule has 3 heterocycles. The summed E-state index contributed by atoms with van der Waals surface area (Å²) in [5.74, 6) is 0.925. The van der Waals surface area contributed by atoms with E-state index in [1.807, 2.05) is 0 Å². The summed E-state index contributed by atoms with van der Waals surface area (Å²) in [6.07, 6.45) is 2.35. The van der Waals surface area contributed by atoms with Gasteiger partial charge in [-0.3, -0.25) is 32.9 Å². The molecule has 0 bridgehead atoms. The highest BCUT2D eigenvalue weighted by Gasteiger charge is 2.61. The van der Waals surface area contributed by atoms with Gasteiger partial charge in [0, 0.05) is 6.20 Å². The van der Waals surface area contributed by atoms with Gasteiger partial charge in [-0.2, -0.15) is 0 Å². The molecule has 3 aliphatic heterocycles. The SMILES string of the molecule is C#C[C@]1(C)[C@@H]2O[P@@](=O)(OC[C@H](F)CC(=O)OC(C)C)OC[C@H]2O[C@H]1N1C=CC(=O)CC1=O. The van der Waals surface area contributed by atoms with Crippen LogP contribution >= 0.6 is 7.82 Å². The normalized spacial score (nSPS) is 35.5. The Labute approximate surface area is 184 Å². The summed E-state index contributed by atoms with van der Waals surface area (Å²) in [4.78, 5) is 36.6. The molecule has 0 aromatic carbocycles. The van der Waals surface area contributed by atoms with Crippen LogP contribution in [-0.2, 0) is 42.0 Å². The lowest BCUT2D eigenvalue weighted by molar-refractivity contribution is -0.149. The van der Waals surface area contributed by atoms with Crippen molar-refractivity contribution >= 4 is 25.5 Å². The van der Waals surface area contributed by atoms with Crippen molar-refractivity contribution in [3.63, 3.8) is 0 Å². The molecule has 0 radical (unpaired) electrons. The fourth-order valence-corrected chi connectivity index (χ4v) is 5.10. The summed E-state index contributed by atoms with van der Waals surface area (Å²) in [6.45, 7) is 3.87. The Balaban J connectivity index is 1.67. The van der Waals surface area contributed by atoms with Crippen LogP contribution < -0.4 is 0 Å². The molecule has 10 nitrogen and oxygen atoms in total. The predicted molar refractivity (Wildman–Crippen MR) is 106 cm³/mol. The molecular formula is C20H25FNO9P. The van der Waals surface area contributed by atoms with Crippen LogP contribution in [0.5, 0.6) is 0 Å². The van der Waals surface area contributed by atoms with Crippen molar-refractivity contribution in [2.24, 2.45) is 5.41 Å². The van der Waals surface area contributed by atoms with E-state index in [2.05, 4.69) is 5.92 Å². The largest absolute Gasteiger partial charge is 0.475 e. The maximum Gasteiger partial charge on any atom is 0.475 e. The van der Waals surface area contributed by atoms with Crippen LogP contribution in [0.3, 0.4) is 0 Å². The molecule has 0 saturated carbocycles. The first-order valence-corrected chi connectivity index (χ1v) is 11.5. The zero-order valence-corrected chi connectivity index (χ0v) is 18.8. The number of halogens is 1. The molecule has 32 heavy (non-hydrogen) atoms. The standard InChI is InChI=1S/C20H25FNO9P/c1-5-20(4)18-15(30-19(20)22-7-6-14(23)9-16(22)24)11-28-32(26,31-18)27-10-13(21)8-17(25)29-12(2)3/h1,6-7,12-13,15,18-19H,8-11H2,2-4H3/t13-,15-,18-,19-,20-,32+/m1/s1. The molecule has 6 atom stereocenters. The molecule has 0 aliphatic carbocycles. The van der Waals surface area contributed by atoms with E-state index in [0.717, 1.165) is 0 Å². The van der Waals surface area contributed by atoms with E-state index in [1.54, 1.807) is 20.8 Å². The highest BCUT2D eigenvalue weighted by molar-refractivity contribution is 7.48. The number of esters is 1. The number of rotatable bonds is 7. The average Bonchev–Trinajstić information content (AvgIpc) is 2.98. The Kier molecular flexibility index (Phi) is 7.22. The van der Waals surface area contributed by atoms with Crippen LogP contribution in [0.15, 0.2) is 12.3 Å². The number of carbonyl (C=O) groups is 3. The quantitative estimate of drug-likeness (QED) is 0.236. The van der Waals surface area contributed by atoms with Gasteiger partial charge in [-0.05, 0) is 26.8 Å². The minimum absolute atomic E-state index is 0.243. The fraction of sp³-hybridized carbons (Fsp3) is 0.650. The molecule has 1 amide bonds. The molecule has 0 aromatic rings. The van der Waals surface area contributed by atoms with Gasteiger partial charge in [0.1, 0.15) is 23.8 Å². The van der Waals surface area contributed by atoms with Gasteiger partial charge in [0.25, 0.3) is 0 Å². The first-order chi connectivity index (χ1) is 15.0. The maximum atomic E-state index is 14.1. The Morgan fingerprint density at radius 2 is 2.19 bits per heavy atom. The van der Waals surface area contributed by atoms with Gasteiger partial charge in [-0.25, -0.2) is 8.96 Å². The number of nitrogens with zero attached hydrogens (tertiary/aromatic N) is 1. The highest BCUT2D eigenvalue weighted by atomic mass is 31.2. The third kappa shape index (κ3) is 5.11. The van der Waals surface area contributed by atoms with E-state index >= 15 is 0 Å². The number of carbonyl (C=O) groups excluding carboxylic acids is 3. The van der Waals surface area contributed by atoms with Crippen molar-refractivity contribution in [1.29, 1.82) is 0 Å². The molecule has 0 unspecified atom stereocenters. The number of hydrogen-bond acceptors (Lipinski definition) is 9. The number of ether oxygens (including phenoxy) is 2. The molecule has 0 N–H and O–H groups in total. The third-order valence-electron chi connectivity index (χ3n) is 5.15. The van der Waals surface area contributed by atoms with Gasteiger partial charge in [-0.15, -0.1) is 6.42 Å². The average molecular weight is 473 g/mol. The van der Waals surface area contributed by atoms with E-state index in [9.17, 15) is 23.3 Å². The lowest BCUT2D eigenvalue weighted by atomic mass is 9.82. The Morgan fingerprint density at radius 3 is 2.81 bits per heavy atom. The van der Waals surface area contributed by atoms with E-state index in [1.165, 1.54) is 17.2 Å². The Morgan fingerprint density at radius 1 is 1.47 bits per heavy atom. The highest BCUT2D eigenvalue weighted by Crippen LogP contribution is 2.59. The van der Waals surface area contributed by atoms with E-state index in [-0.39, 0.29) is 18.8 Å². The molecule has 0 spiro atoms. The number of hydrogen-bond donors (Lipinski definition) is 0. The van der Waals surface area contributed by atoms with Crippen molar-refractivity contribution in [3.8, 4) is 12.3 Å². The monoisotopic (exact) mass is 473 g/mol. The van der Waals surface area contributed by atoms with Gasteiger partial charge in [0.2, 0.25) is 5.91 Å². The summed E-state index contributed by atoms with van der Waals surface area (Å²) in [5.41, 5.74) is -1.27. The Hall–Kier alpha value is -2.09. The Bertz CT molecular complexity index is 900. The first kappa shape index (κ1) is 24.6. The van der Waals surface area contributed by atoms with Crippen LogP contribution in [0, 0.1) is 17.8 Å². The molecule has 12 heteroatoms. The summed E-state index contributed by atoms with van der Waals surface area (Å²) in [7, 11) is -4.24. The predicted octanol–water partition coefficient (Wildman–Crippen LogP) is 1.89. The molecule has 3 aliphatic rings. The fourth-order valence-electron chi connectivity index (χ4n) is 3.60. The zero-order chi connectivity index (χ0) is 23.7. The molecular weight excluding hydrogens is 448 g/mol. The number of ketones is 1. The lowest BCUT2D eigenvalue weighted by Gasteiger charge is -2.37. The first-order valence-electron chi connectivity index (χ1n) is 10.0. The molecule has 176 valence electrons. The van der Waals surface area contributed by atoms with Crippen molar-refractivity contribution in [1.82, 2.24) is 4.90 Å². The molecule has 3 rings (SSSR count). The van der Waals surface area contributed by atoms with Crippen molar-refractivity contribution in [2.75, 3.05) is 13.2 Å². The van der Waals surface area contributed by atoms with Gasteiger partial charge in [0.15, 0.2) is 12.0 Å².